The summed E-state index contributed by atoms with van der Waals surface area (Å²) in [6, 6.07) is 10.9. The van der Waals surface area contributed by atoms with Crippen molar-refractivity contribution in [3.8, 4) is 10.8 Å². The monoisotopic (exact) mass is 344 g/mol. The molecule has 126 valence electrons. The molecule has 5 heteroatoms. The Morgan fingerprint density at radius 3 is 2.62 bits per heavy atom. The van der Waals surface area contributed by atoms with Gasteiger partial charge < -0.3 is 4.42 Å². The molecular formula is C19H21FN2OS. The van der Waals surface area contributed by atoms with E-state index in [1.54, 1.807) is 11.3 Å². The Morgan fingerprint density at radius 1 is 1.25 bits per heavy atom. The molecule has 3 aromatic rings. The molecule has 0 amide bonds. The van der Waals surface area contributed by atoms with Gasteiger partial charge in [0.15, 0.2) is 0 Å². The molecule has 0 fully saturated rings. The van der Waals surface area contributed by atoms with Crippen molar-refractivity contribution in [3.05, 3.63) is 64.6 Å². The summed E-state index contributed by atoms with van der Waals surface area (Å²) in [6.07, 6.45) is 0. The molecule has 1 unspecified atom stereocenters. The fourth-order valence-electron chi connectivity index (χ4n) is 2.75. The van der Waals surface area contributed by atoms with Crippen LogP contribution in [0, 0.1) is 12.7 Å². The van der Waals surface area contributed by atoms with Crippen molar-refractivity contribution in [2.24, 2.45) is 0 Å². The molecule has 2 aromatic heterocycles. The molecule has 1 aromatic carbocycles. The molecule has 24 heavy (non-hydrogen) atoms. The largest absolute Gasteiger partial charge is 0.440 e. The maximum absolute atomic E-state index is 13.1. The minimum atomic E-state index is -0.207. The zero-order chi connectivity index (χ0) is 17.1. The number of aromatic nitrogens is 1. The smallest absolute Gasteiger partial charge is 0.236 e. The molecule has 1 atom stereocenters. The minimum absolute atomic E-state index is 0.178. The molecule has 0 N–H and O–H groups in total. The van der Waals surface area contributed by atoms with E-state index >= 15 is 0 Å². The minimum Gasteiger partial charge on any atom is -0.440 e. The summed E-state index contributed by atoms with van der Waals surface area (Å²) in [5.41, 5.74) is 2.05. The van der Waals surface area contributed by atoms with Gasteiger partial charge in [-0.2, -0.15) is 0 Å². The van der Waals surface area contributed by atoms with Crippen LogP contribution < -0.4 is 0 Å². The number of hydrogen-bond acceptors (Lipinski definition) is 4. The lowest BCUT2D eigenvalue weighted by atomic mass is 10.1. The average Bonchev–Trinajstić information content (AvgIpc) is 3.22. The second kappa shape index (κ2) is 7.28. The van der Waals surface area contributed by atoms with Gasteiger partial charge in [-0.3, -0.25) is 4.90 Å². The maximum Gasteiger partial charge on any atom is 0.236 e. The number of thiophene rings is 1. The molecular weight excluding hydrogens is 323 g/mol. The topological polar surface area (TPSA) is 29.3 Å². The third-order valence-electron chi connectivity index (χ3n) is 4.28. The normalized spacial score (nSPS) is 12.7. The Morgan fingerprint density at radius 2 is 2.00 bits per heavy atom. The van der Waals surface area contributed by atoms with Crippen LogP contribution in [-0.4, -0.2) is 16.4 Å². The van der Waals surface area contributed by atoms with Gasteiger partial charge in [-0.1, -0.05) is 25.1 Å². The van der Waals surface area contributed by atoms with Gasteiger partial charge in [0.1, 0.15) is 11.6 Å². The molecule has 0 aliphatic rings. The summed E-state index contributed by atoms with van der Waals surface area (Å²) in [5, 5.41) is 2.02. The number of benzene rings is 1. The molecule has 0 aliphatic heterocycles. The first-order valence-corrected chi connectivity index (χ1v) is 8.96. The van der Waals surface area contributed by atoms with Crippen LogP contribution in [0.25, 0.3) is 10.8 Å². The van der Waals surface area contributed by atoms with E-state index in [0.717, 1.165) is 28.4 Å². The number of nitrogens with zero attached hydrogens (tertiary/aromatic N) is 2. The molecule has 0 radical (unpaired) electrons. The van der Waals surface area contributed by atoms with Crippen LogP contribution in [0.3, 0.4) is 0 Å². The Bertz CT molecular complexity index is 780. The fourth-order valence-corrected chi connectivity index (χ4v) is 3.40. The summed E-state index contributed by atoms with van der Waals surface area (Å²) in [5.74, 6) is 1.33. The van der Waals surface area contributed by atoms with Gasteiger partial charge >= 0.3 is 0 Å². The highest BCUT2D eigenvalue weighted by molar-refractivity contribution is 7.13. The second-order valence-electron chi connectivity index (χ2n) is 5.79. The van der Waals surface area contributed by atoms with Crippen LogP contribution in [0.15, 0.2) is 46.2 Å². The van der Waals surface area contributed by atoms with E-state index in [1.807, 2.05) is 36.6 Å². The van der Waals surface area contributed by atoms with Crippen molar-refractivity contribution in [2.45, 2.75) is 33.4 Å². The van der Waals surface area contributed by atoms with Crippen molar-refractivity contribution < 1.29 is 8.81 Å². The van der Waals surface area contributed by atoms with E-state index in [0.29, 0.717) is 12.4 Å². The van der Waals surface area contributed by atoms with E-state index in [1.165, 1.54) is 12.1 Å². The van der Waals surface area contributed by atoms with Crippen LogP contribution in [0.2, 0.25) is 0 Å². The van der Waals surface area contributed by atoms with Crippen LogP contribution in [0.4, 0.5) is 4.39 Å². The predicted octanol–water partition coefficient (Wildman–Crippen LogP) is 5.43. The quantitative estimate of drug-likeness (QED) is 0.597. The summed E-state index contributed by atoms with van der Waals surface area (Å²) in [6.45, 7) is 7.78. The number of aryl methyl sites for hydroxylation is 1. The van der Waals surface area contributed by atoms with Gasteiger partial charge in [0.2, 0.25) is 5.89 Å². The molecule has 3 nitrogen and oxygen atoms in total. The Labute approximate surface area is 145 Å². The third kappa shape index (κ3) is 3.57. The van der Waals surface area contributed by atoms with Gasteiger partial charge in [0.25, 0.3) is 0 Å². The number of rotatable bonds is 6. The van der Waals surface area contributed by atoms with Crippen molar-refractivity contribution >= 4 is 11.3 Å². The third-order valence-corrected chi connectivity index (χ3v) is 5.14. The maximum atomic E-state index is 13.1. The first-order chi connectivity index (χ1) is 11.6. The predicted molar refractivity (Wildman–Crippen MR) is 95.5 cm³/mol. The Hall–Kier alpha value is -1.98. The fraction of sp³-hybridized carbons (Fsp3) is 0.316. The molecule has 0 spiro atoms. The van der Waals surface area contributed by atoms with Gasteiger partial charge in [-0.15, -0.1) is 11.3 Å². The van der Waals surface area contributed by atoms with E-state index < -0.39 is 0 Å². The first-order valence-electron chi connectivity index (χ1n) is 8.08. The molecule has 0 saturated carbocycles. The van der Waals surface area contributed by atoms with E-state index in [4.69, 9.17) is 4.42 Å². The van der Waals surface area contributed by atoms with Gasteiger partial charge in [0.05, 0.1) is 10.6 Å². The zero-order valence-corrected chi connectivity index (χ0v) is 14.9. The van der Waals surface area contributed by atoms with Crippen molar-refractivity contribution in [1.29, 1.82) is 0 Å². The van der Waals surface area contributed by atoms with E-state index in [2.05, 4.69) is 23.7 Å². The molecule has 0 bridgehead atoms. The van der Waals surface area contributed by atoms with Crippen molar-refractivity contribution in [3.63, 3.8) is 0 Å². The highest BCUT2D eigenvalue weighted by Gasteiger charge is 2.19. The molecule has 0 aliphatic carbocycles. The van der Waals surface area contributed by atoms with Crippen molar-refractivity contribution in [2.75, 3.05) is 6.54 Å². The lowest BCUT2D eigenvalue weighted by Gasteiger charge is -2.27. The molecule has 3 rings (SSSR count). The van der Waals surface area contributed by atoms with E-state index in [-0.39, 0.29) is 11.9 Å². The summed E-state index contributed by atoms with van der Waals surface area (Å²) < 4.78 is 19.0. The standard InChI is InChI=1S/C19H21FN2OS/c1-4-22(13(2)15-7-9-16(20)10-8-15)12-17-14(3)23-19(21-17)18-6-5-11-24-18/h5-11,13H,4,12H2,1-3H3. The lowest BCUT2D eigenvalue weighted by Crippen LogP contribution is -2.26. The van der Waals surface area contributed by atoms with Gasteiger partial charge in [-0.25, -0.2) is 9.37 Å². The number of halogens is 1. The Kier molecular flexibility index (Phi) is 5.11. The number of oxazole rings is 1. The lowest BCUT2D eigenvalue weighted by molar-refractivity contribution is 0.209. The van der Waals surface area contributed by atoms with Crippen LogP contribution in [0.5, 0.6) is 0 Å². The summed E-state index contributed by atoms with van der Waals surface area (Å²) in [7, 11) is 0. The summed E-state index contributed by atoms with van der Waals surface area (Å²) in [4.78, 5) is 8.01. The molecule has 2 heterocycles. The highest BCUT2D eigenvalue weighted by Crippen LogP contribution is 2.28. The SMILES string of the molecule is CCN(Cc1nc(-c2cccs2)oc1C)C(C)c1ccc(F)cc1. The van der Waals surface area contributed by atoms with Crippen molar-refractivity contribution in [1.82, 2.24) is 9.88 Å². The van der Waals surface area contributed by atoms with Crippen LogP contribution in [0.1, 0.15) is 36.9 Å². The summed E-state index contributed by atoms with van der Waals surface area (Å²) >= 11 is 1.62. The second-order valence-corrected chi connectivity index (χ2v) is 6.74. The Balaban J connectivity index is 1.79. The number of hydrogen-bond donors (Lipinski definition) is 0. The van der Waals surface area contributed by atoms with E-state index in [9.17, 15) is 4.39 Å². The van der Waals surface area contributed by atoms with Crippen LogP contribution in [-0.2, 0) is 6.54 Å². The zero-order valence-electron chi connectivity index (χ0n) is 14.1. The van der Waals surface area contributed by atoms with Gasteiger partial charge in [-0.05, 0) is 49.5 Å². The van der Waals surface area contributed by atoms with Crippen LogP contribution >= 0.6 is 11.3 Å². The average molecular weight is 344 g/mol. The highest BCUT2D eigenvalue weighted by atomic mass is 32.1. The first kappa shape index (κ1) is 16.9. The van der Waals surface area contributed by atoms with Gasteiger partial charge in [0, 0.05) is 12.6 Å². The molecule has 0 saturated heterocycles.